The Hall–Kier alpha value is -1.09. The molecule has 1 N–H and O–H groups in total. The van der Waals surface area contributed by atoms with Crippen molar-refractivity contribution >= 4 is 5.82 Å². The van der Waals surface area contributed by atoms with E-state index in [4.69, 9.17) is 0 Å². The Morgan fingerprint density at radius 3 is 2.82 bits per heavy atom. The third-order valence-corrected chi connectivity index (χ3v) is 3.61. The maximum Gasteiger partial charge on any atom is 0.133 e. The van der Waals surface area contributed by atoms with Crippen LogP contribution < -0.4 is 10.2 Å². The number of rotatable bonds is 5. The number of nitrogens with zero attached hydrogens (tertiary/aromatic N) is 2. The zero-order valence-electron chi connectivity index (χ0n) is 10.9. The fraction of sp³-hybridized carbons (Fsp3) is 0.643. The molecule has 2 rings (SSSR count). The van der Waals surface area contributed by atoms with Gasteiger partial charge < -0.3 is 10.2 Å². The normalized spacial score (nSPS) is 16.4. The molecule has 1 aromatic heterocycles. The van der Waals surface area contributed by atoms with E-state index < -0.39 is 0 Å². The molecule has 1 heterocycles. The summed E-state index contributed by atoms with van der Waals surface area (Å²) in [4.78, 5) is 7.08. The smallest absolute Gasteiger partial charge is 0.133 e. The topological polar surface area (TPSA) is 28.2 Å². The zero-order chi connectivity index (χ0) is 12.1. The predicted molar refractivity (Wildman–Crippen MR) is 72.3 cm³/mol. The molecule has 1 fully saturated rings. The van der Waals surface area contributed by atoms with E-state index in [1.807, 2.05) is 19.3 Å². The second kappa shape index (κ2) is 6.01. The maximum absolute atomic E-state index is 4.60. The molecular formula is C14H23N3. The van der Waals surface area contributed by atoms with Crippen molar-refractivity contribution in [3.63, 3.8) is 0 Å². The number of aromatic nitrogens is 1. The van der Waals surface area contributed by atoms with E-state index in [1.165, 1.54) is 37.1 Å². The van der Waals surface area contributed by atoms with E-state index in [1.54, 1.807) is 0 Å². The van der Waals surface area contributed by atoms with Crippen LogP contribution in [0.2, 0.25) is 0 Å². The predicted octanol–water partition coefficient (Wildman–Crippen LogP) is 2.57. The molecule has 0 aliphatic heterocycles. The van der Waals surface area contributed by atoms with Gasteiger partial charge in [-0.3, -0.25) is 0 Å². The average molecular weight is 233 g/mol. The van der Waals surface area contributed by atoms with E-state index in [0.717, 1.165) is 13.1 Å². The van der Waals surface area contributed by atoms with E-state index in [-0.39, 0.29) is 0 Å². The molecule has 0 aromatic carbocycles. The third kappa shape index (κ3) is 2.78. The fourth-order valence-corrected chi connectivity index (χ4v) is 2.81. The standard InChI is InChI=1S/C14H23N3/c1-3-17(13-8-4-5-9-13)14-12(11-15-2)7-6-10-16-14/h6-7,10,13,15H,3-5,8-9,11H2,1-2H3. The second-order valence-corrected chi connectivity index (χ2v) is 4.74. The molecule has 0 amide bonds. The Morgan fingerprint density at radius 2 is 2.18 bits per heavy atom. The molecule has 1 saturated carbocycles. The van der Waals surface area contributed by atoms with Crippen molar-refractivity contribution in [3.05, 3.63) is 23.9 Å². The summed E-state index contributed by atoms with van der Waals surface area (Å²) in [7, 11) is 1.99. The molecule has 3 heteroatoms. The van der Waals surface area contributed by atoms with Crippen molar-refractivity contribution < 1.29 is 0 Å². The van der Waals surface area contributed by atoms with Gasteiger partial charge >= 0.3 is 0 Å². The highest BCUT2D eigenvalue weighted by Gasteiger charge is 2.23. The lowest BCUT2D eigenvalue weighted by atomic mass is 10.1. The van der Waals surface area contributed by atoms with Crippen molar-refractivity contribution in [2.75, 3.05) is 18.5 Å². The number of nitrogens with one attached hydrogen (secondary N) is 1. The molecule has 17 heavy (non-hydrogen) atoms. The zero-order valence-corrected chi connectivity index (χ0v) is 10.9. The SMILES string of the molecule is CCN(c1ncccc1CNC)C1CCCC1. The molecule has 1 aromatic rings. The number of hydrogen-bond acceptors (Lipinski definition) is 3. The third-order valence-electron chi connectivity index (χ3n) is 3.61. The van der Waals surface area contributed by atoms with Crippen molar-refractivity contribution in [3.8, 4) is 0 Å². The second-order valence-electron chi connectivity index (χ2n) is 4.74. The molecule has 0 saturated heterocycles. The van der Waals surface area contributed by atoms with E-state index in [9.17, 15) is 0 Å². The Morgan fingerprint density at radius 1 is 1.41 bits per heavy atom. The van der Waals surface area contributed by atoms with Crippen molar-refractivity contribution in [2.45, 2.75) is 45.2 Å². The van der Waals surface area contributed by atoms with Crippen LogP contribution in [-0.2, 0) is 6.54 Å². The summed E-state index contributed by atoms with van der Waals surface area (Å²) < 4.78 is 0. The van der Waals surface area contributed by atoms with Crippen LogP contribution in [0.25, 0.3) is 0 Å². The van der Waals surface area contributed by atoms with Gasteiger partial charge in [0.15, 0.2) is 0 Å². The first kappa shape index (κ1) is 12.4. The van der Waals surface area contributed by atoms with Crippen LogP contribution in [0.3, 0.4) is 0 Å². The molecule has 0 bridgehead atoms. The Labute approximate surface area is 104 Å². The van der Waals surface area contributed by atoms with Gasteiger partial charge in [0.05, 0.1) is 0 Å². The summed E-state index contributed by atoms with van der Waals surface area (Å²) in [5.41, 5.74) is 1.31. The van der Waals surface area contributed by atoms with Gasteiger partial charge in [-0.2, -0.15) is 0 Å². The van der Waals surface area contributed by atoms with Gasteiger partial charge in [-0.25, -0.2) is 4.98 Å². The van der Waals surface area contributed by atoms with Crippen LogP contribution in [0, 0.1) is 0 Å². The number of hydrogen-bond donors (Lipinski definition) is 1. The summed E-state index contributed by atoms with van der Waals surface area (Å²) in [6, 6.07) is 4.90. The number of pyridine rings is 1. The Kier molecular flexibility index (Phi) is 4.37. The van der Waals surface area contributed by atoms with E-state index in [2.05, 4.69) is 28.2 Å². The van der Waals surface area contributed by atoms with Gasteiger partial charge in [0.25, 0.3) is 0 Å². The Balaban J connectivity index is 2.22. The minimum atomic E-state index is 0.700. The van der Waals surface area contributed by atoms with Gasteiger partial charge in [0, 0.05) is 30.9 Å². The van der Waals surface area contributed by atoms with Crippen LogP contribution >= 0.6 is 0 Å². The molecule has 1 aliphatic rings. The summed E-state index contributed by atoms with van der Waals surface area (Å²) in [6.45, 7) is 4.18. The van der Waals surface area contributed by atoms with Gasteiger partial charge in [-0.05, 0) is 32.9 Å². The lowest BCUT2D eigenvalue weighted by Crippen LogP contribution is -2.34. The van der Waals surface area contributed by atoms with Crippen molar-refractivity contribution in [2.24, 2.45) is 0 Å². The highest BCUT2D eigenvalue weighted by atomic mass is 15.2. The Bertz CT molecular complexity index is 345. The van der Waals surface area contributed by atoms with Crippen LogP contribution in [0.5, 0.6) is 0 Å². The minimum absolute atomic E-state index is 0.700. The molecule has 1 aliphatic carbocycles. The summed E-state index contributed by atoms with van der Waals surface area (Å²) in [5.74, 6) is 1.18. The highest BCUT2D eigenvalue weighted by molar-refractivity contribution is 5.47. The summed E-state index contributed by atoms with van der Waals surface area (Å²) >= 11 is 0. The first-order chi connectivity index (χ1) is 8.36. The summed E-state index contributed by atoms with van der Waals surface area (Å²) in [6.07, 6.45) is 7.30. The van der Waals surface area contributed by atoms with Crippen LogP contribution in [0.4, 0.5) is 5.82 Å². The van der Waals surface area contributed by atoms with Gasteiger partial charge in [0.1, 0.15) is 5.82 Å². The monoisotopic (exact) mass is 233 g/mol. The van der Waals surface area contributed by atoms with E-state index in [0.29, 0.717) is 6.04 Å². The molecule has 3 nitrogen and oxygen atoms in total. The molecule has 94 valence electrons. The molecule has 0 radical (unpaired) electrons. The highest BCUT2D eigenvalue weighted by Crippen LogP contribution is 2.28. The van der Waals surface area contributed by atoms with E-state index >= 15 is 0 Å². The van der Waals surface area contributed by atoms with Gasteiger partial charge in [-0.1, -0.05) is 18.9 Å². The fourth-order valence-electron chi connectivity index (χ4n) is 2.81. The first-order valence-corrected chi connectivity index (χ1v) is 6.72. The molecular weight excluding hydrogens is 210 g/mol. The van der Waals surface area contributed by atoms with Crippen molar-refractivity contribution in [1.82, 2.24) is 10.3 Å². The van der Waals surface area contributed by atoms with Crippen molar-refractivity contribution in [1.29, 1.82) is 0 Å². The maximum atomic E-state index is 4.60. The van der Waals surface area contributed by atoms with Crippen LogP contribution in [-0.4, -0.2) is 24.6 Å². The van der Waals surface area contributed by atoms with Crippen LogP contribution in [0.1, 0.15) is 38.2 Å². The lowest BCUT2D eigenvalue weighted by Gasteiger charge is -2.30. The minimum Gasteiger partial charge on any atom is -0.354 e. The molecule has 0 spiro atoms. The average Bonchev–Trinajstić information content (AvgIpc) is 2.86. The largest absolute Gasteiger partial charge is 0.354 e. The van der Waals surface area contributed by atoms with Gasteiger partial charge in [0.2, 0.25) is 0 Å². The van der Waals surface area contributed by atoms with Gasteiger partial charge in [-0.15, -0.1) is 0 Å². The summed E-state index contributed by atoms with van der Waals surface area (Å²) in [5, 5.41) is 3.23. The first-order valence-electron chi connectivity index (χ1n) is 6.72. The number of anilines is 1. The van der Waals surface area contributed by atoms with Crippen LogP contribution in [0.15, 0.2) is 18.3 Å². The molecule has 0 unspecified atom stereocenters. The molecule has 0 atom stereocenters. The quantitative estimate of drug-likeness (QED) is 0.847. The lowest BCUT2D eigenvalue weighted by molar-refractivity contribution is 0.608.